The predicted molar refractivity (Wildman–Crippen MR) is 92.4 cm³/mol. The molecule has 0 radical (unpaired) electrons. The van der Waals surface area contributed by atoms with Gasteiger partial charge < -0.3 is 4.74 Å². The lowest BCUT2D eigenvalue weighted by Gasteiger charge is -2.17. The van der Waals surface area contributed by atoms with Gasteiger partial charge in [0.2, 0.25) is 10.0 Å². The van der Waals surface area contributed by atoms with E-state index < -0.39 is 16.0 Å². The molecule has 0 heterocycles. The molecule has 0 spiro atoms. The number of rotatable bonds is 5. The first-order chi connectivity index (χ1) is 11.3. The van der Waals surface area contributed by atoms with Crippen LogP contribution < -0.4 is 4.72 Å². The number of benzene rings is 2. The molecule has 0 saturated carbocycles. The van der Waals surface area contributed by atoms with Gasteiger partial charge in [0.15, 0.2) is 0 Å². The number of nitrogens with one attached hydrogen (secondary N) is 1. The smallest absolute Gasteiger partial charge is 0.338 e. The Hall–Kier alpha value is -2.18. The quantitative estimate of drug-likeness (QED) is 0.844. The molecule has 24 heavy (non-hydrogen) atoms. The first kappa shape index (κ1) is 18.2. The van der Waals surface area contributed by atoms with Crippen molar-refractivity contribution in [2.75, 3.05) is 7.11 Å². The lowest BCUT2D eigenvalue weighted by atomic mass is 10.0. The van der Waals surface area contributed by atoms with E-state index in [-0.39, 0.29) is 16.5 Å². The molecule has 6 heteroatoms. The minimum atomic E-state index is -3.76. The zero-order valence-electron chi connectivity index (χ0n) is 14.2. The Morgan fingerprint density at radius 3 is 2.38 bits per heavy atom. The van der Waals surface area contributed by atoms with Crippen molar-refractivity contribution >= 4 is 16.0 Å². The van der Waals surface area contributed by atoms with Crippen molar-refractivity contribution in [2.45, 2.75) is 31.7 Å². The first-order valence-electron chi connectivity index (χ1n) is 7.53. The van der Waals surface area contributed by atoms with Gasteiger partial charge >= 0.3 is 5.97 Å². The van der Waals surface area contributed by atoms with E-state index in [1.165, 1.54) is 19.2 Å². The Morgan fingerprint density at radius 1 is 1.08 bits per heavy atom. The van der Waals surface area contributed by atoms with Gasteiger partial charge in [0.25, 0.3) is 0 Å². The molecule has 0 aromatic heterocycles. The fourth-order valence-electron chi connectivity index (χ4n) is 2.54. The molecule has 0 aliphatic heterocycles. The van der Waals surface area contributed by atoms with E-state index in [1.807, 2.05) is 31.2 Å². The van der Waals surface area contributed by atoms with E-state index >= 15 is 0 Å². The number of esters is 1. The van der Waals surface area contributed by atoms with Gasteiger partial charge in [-0.15, -0.1) is 0 Å². The second-order valence-electron chi connectivity index (χ2n) is 5.67. The number of hydrogen-bond acceptors (Lipinski definition) is 4. The number of ether oxygens (including phenoxy) is 1. The first-order valence-corrected chi connectivity index (χ1v) is 9.01. The highest BCUT2D eigenvalue weighted by Crippen LogP contribution is 2.21. The zero-order chi connectivity index (χ0) is 17.9. The van der Waals surface area contributed by atoms with Gasteiger partial charge in [-0.1, -0.05) is 30.3 Å². The molecule has 128 valence electrons. The molecule has 1 N–H and O–H groups in total. The number of methoxy groups -OCH3 is 1. The van der Waals surface area contributed by atoms with Crippen LogP contribution in [-0.2, 0) is 14.8 Å². The summed E-state index contributed by atoms with van der Waals surface area (Å²) in [6.45, 7) is 5.45. The molecular formula is C18H21NO4S. The lowest BCUT2D eigenvalue weighted by molar-refractivity contribution is 0.0599. The van der Waals surface area contributed by atoms with E-state index in [0.717, 1.165) is 11.1 Å². The van der Waals surface area contributed by atoms with E-state index in [0.29, 0.717) is 5.56 Å². The van der Waals surface area contributed by atoms with Gasteiger partial charge in [0, 0.05) is 6.04 Å². The highest BCUT2D eigenvalue weighted by atomic mass is 32.2. The van der Waals surface area contributed by atoms with Gasteiger partial charge in [-0.25, -0.2) is 17.9 Å². The molecule has 0 aliphatic rings. The minimum Gasteiger partial charge on any atom is -0.465 e. The maximum atomic E-state index is 12.6. The summed E-state index contributed by atoms with van der Waals surface area (Å²) in [5.41, 5.74) is 2.81. The summed E-state index contributed by atoms with van der Waals surface area (Å²) in [4.78, 5) is 11.8. The maximum absolute atomic E-state index is 12.6. The van der Waals surface area contributed by atoms with Crippen molar-refractivity contribution in [1.29, 1.82) is 0 Å². The van der Waals surface area contributed by atoms with E-state index in [4.69, 9.17) is 4.74 Å². The Kier molecular flexibility index (Phi) is 5.41. The summed E-state index contributed by atoms with van der Waals surface area (Å²) in [7, 11) is -2.50. The van der Waals surface area contributed by atoms with Crippen LogP contribution in [0.3, 0.4) is 0 Å². The van der Waals surface area contributed by atoms with Crippen LogP contribution in [0.25, 0.3) is 0 Å². The summed E-state index contributed by atoms with van der Waals surface area (Å²) in [6, 6.07) is 11.6. The normalized spacial score (nSPS) is 12.7. The maximum Gasteiger partial charge on any atom is 0.338 e. The second kappa shape index (κ2) is 7.15. The summed E-state index contributed by atoms with van der Waals surface area (Å²) in [6.07, 6.45) is 0. The van der Waals surface area contributed by atoms with Crippen LogP contribution in [0.5, 0.6) is 0 Å². The number of aryl methyl sites for hydroxylation is 2. The van der Waals surface area contributed by atoms with Crippen molar-refractivity contribution in [3.05, 3.63) is 64.7 Å². The standard InChI is InChI=1S/C18H21NO4S/c1-12-7-5-6-8-16(12)14(3)19-24(21,22)15-10-9-13(2)17(11-15)18(20)23-4/h5-11,14,19H,1-4H3/t14-/m0/s1. The van der Waals surface area contributed by atoms with Crippen molar-refractivity contribution in [3.63, 3.8) is 0 Å². The Balaban J connectivity index is 2.34. The van der Waals surface area contributed by atoms with Crippen LogP contribution in [0, 0.1) is 13.8 Å². The largest absolute Gasteiger partial charge is 0.465 e. The monoisotopic (exact) mass is 347 g/mol. The van der Waals surface area contributed by atoms with Crippen molar-refractivity contribution in [1.82, 2.24) is 4.72 Å². The summed E-state index contributed by atoms with van der Waals surface area (Å²) in [5.74, 6) is -0.559. The average molecular weight is 347 g/mol. The van der Waals surface area contributed by atoms with Crippen molar-refractivity contribution < 1.29 is 17.9 Å². The SMILES string of the molecule is COC(=O)c1cc(S(=O)(=O)N[C@@H](C)c2ccccc2C)ccc1C. The van der Waals surface area contributed by atoms with Crippen LogP contribution in [-0.4, -0.2) is 21.5 Å². The highest BCUT2D eigenvalue weighted by molar-refractivity contribution is 7.89. The van der Waals surface area contributed by atoms with Crippen LogP contribution >= 0.6 is 0 Å². The van der Waals surface area contributed by atoms with E-state index in [2.05, 4.69) is 4.72 Å². The molecular weight excluding hydrogens is 326 g/mol. The predicted octanol–water partition coefficient (Wildman–Crippen LogP) is 3.13. The van der Waals surface area contributed by atoms with Crippen LogP contribution in [0.2, 0.25) is 0 Å². The average Bonchev–Trinajstić information content (AvgIpc) is 2.54. The van der Waals surface area contributed by atoms with Gasteiger partial charge in [0.1, 0.15) is 0 Å². The third kappa shape index (κ3) is 3.83. The summed E-state index contributed by atoms with van der Waals surface area (Å²) in [5, 5.41) is 0. The summed E-state index contributed by atoms with van der Waals surface area (Å²) >= 11 is 0. The molecule has 0 unspecified atom stereocenters. The molecule has 0 fully saturated rings. The molecule has 2 rings (SSSR count). The van der Waals surface area contributed by atoms with Gasteiger partial charge in [-0.3, -0.25) is 0 Å². The lowest BCUT2D eigenvalue weighted by Crippen LogP contribution is -2.27. The topological polar surface area (TPSA) is 72.5 Å². The molecule has 1 atom stereocenters. The molecule has 0 bridgehead atoms. The van der Waals surface area contributed by atoms with Crippen molar-refractivity contribution in [2.24, 2.45) is 0 Å². The molecule has 0 aliphatic carbocycles. The second-order valence-corrected chi connectivity index (χ2v) is 7.38. The number of hydrogen-bond donors (Lipinski definition) is 1. The molecule has 0 saturated heterocycles. The third-order valence-corrected chi connectivity index (χ3v) is 5.45. The molecule has 5 nitrogen and oxygen atoms in total. The summed E-state index contributed by atoms with van der Waals surface area (Å²) < 4.78 is 32.6. The van der Waals surface area contributed by atoms with E-state index in [9.17, 15) is 13.2 Å². The Bertz CT molecular complexity index is 859. The van der Waals surface area contributed by atoms with Crippen LogP contribution in [0.4, 0.5) is 0 Å². The fraction of sp³-hybridized carbons (Fsp3) is 0.278. The minimum absolute atomic E-state index is 0.0361. The van der Waals surface area contributed by atoms with Gasteiger partial charge in [-0.2, -0.15) is 0 Å². The Labute approximate surface area is 142 Å². The molecule has 2 aromatic rings. The third-order valence-electron chi connectivity index (χ3n) is 3.91. The highest BCUT2D eigenvalue weighted by Gasteiger charge is 2.21. The molecule has 0 amide bonds. The fourth-order valence-corrected chi connectivity index (χ4v) is 3.78. The van der Waals surface area contributed by atoms with Crippen molar-refractivity contribution in [3.8, 4) is 0 Å². The Morgan fingerprint density at radius 2 is 1.75 bits per heavy atom. The van der Waals surface area contributed by atoms with Gasteiger partial charge in [0.05, 0.1) is 17.6 Å². The van der Waals surface area contributed by atoms with E-state index in [1.54, 1.807) is 19.9 Å². The number of carbonyl (C=O) groups is 1. The van der Waals surface area contributed by atoms with Crippen LogP contribution in [0.1, 0.15) is 40.0 Å². The number of carbonyl (C=O) groups excluding carboxylic acids is 1. The van der Waals surface area contributed by atoms with Crippen LogP contribution in [0.15, 0.2) is 47.4 Å². The zero-order valence-corrected chi connectivity index (χ0v) is 15.0. The van der Waals surface area contributed by atoms with Gasteiger partial charge in [-0.05, 0) is 49.6 Å². The molecule has 2 aromatic carbocycles. The number of sulfonamides is 1.